The highest BCUT2D eigenvalue weighted by atomic mass is 79.9. The zero-order chi connectivity index (χ0) is 15.0. The van der Waals surface area contributed by atoms with Crippen LogP contribution in [0.3, 0.4) is 0 Å². The average molecular weight is 335 g/mol. The summed E-state index contributed by atoms with van der Waals surface area (Å²) in [5, 5.41) is 0. The predicted molar refractivity (Wildman–Crippen MR) is 87.3 cm³/mol. The molecule has 2 rings (SSSR count). The number of hydrogen-bond acceptors (Lipinski definition) is 0. The van der Waals surface area contributed by atoms with Crippen LogP contribution in [0.25, 0.3) is 0 Å². The first kappa shape index (κ1) is 15.2. The van der Waals surface area contributed by atoms with Crippen molar-refractivity contribution < 1.29 is 4.39 Å². The topological polar surface area (TPSA) is 0 Å². The van der Waals surface area contributed by atoms with E-state index in [0.717, 1.165) is 11.1 Å². The predicted octanol–water partition coefficient (Wildman–Crippen LogP) is 5.85. The molecule has 106 valence electrons. The number of halogens is 2. The number of aryl methyl sites for hydroxylation is 5. The maximum Gasteiger partial charge on any atom is 0.123 e. The molecule has 0 heterocycles. The van der Waals surface area contributed by atoms with Crippen molar-refractivity contribution in [3.05, 3.63) is 69.0 Å². The minimum Gasteiger partial charge on any atom is -0.207 e. The second-order valence-electron chi connectivity index (χ2n) is 5.63. The largest absolute Gasteiger partial charge is 0.207 e. The average Bonchev–Trinajstić information content (AvgIpc) is 2.25. The van der Waals surface area contributed by atoms with Crippen molar-refractivity contribution in [1.82, 2.24) is 0 Å². The summed E-state index contributed by atoms with van der Waals surface area (Å²) >= 11 is 3.82. The van der Waals surface area contributed by atoms with E-state index in [-0.39, 0.29) is 10.6 Å². The van der Waals surface area contributed by atoms with Crippen LogP contribution in [0.5, 0.6) is 0 Å². The third-order valence-corrected chi connectivity index (χ3v) is 4.72. The van der Waals surface area contributed by atoms with Crippen molar-refractivity contribution in [3.63, 3.8) is 0 Å². The summed E-state index contributed by atoms with van der Waals surface area (Å²) in [6, 6.07) is 7.61. The van der Waals surface area contributed by atoms with Gasteiger partial charge in [-0.05, 0) is 80.1 Å². The van der Waals surface area contributed by atoms with Gasteiger partial charge >= 0.3 is 0 Å². The Labute approximate surface area is 129 Å². The summed E-state index contributed by atoms with van der Waals surface area (Å²) in [7, 11) is 0. The maximum absolute atomic E-state index is 13.5. The minimum absolute atomic E-state index is 0.101. The molecule has 2 aromatic carbocycles. The number of hydrogen-bond donors (Lipinski definition) is 0. The van der Waals surface area contributed by atoms with Crippen LogP contribution in [0.15, 0.2) is 24.3 Å². The van der Waals surface area contributed by atoms with E-state index in [9.17, 15) is 4.39 Å². The summed E-state index contributed by atoms with van der Waals surface area (Å²) in [5.74, 6) is -0.166. The normalized spacial score (nSPS) is 12.6. The fourth-order valence-corrected chi connectivity index (χ4v) is 4.50. The smallest absolute Gasteiger partial charge is 0.123 e. The Morgan fingerprint density at radius 2 is 1.10 bits per heavy atom. The van der Waals surface area contributed by atoms with E-state index < -0.39 is 0 Å². The van der Waals surface area contributed by atoms with Crippen molar-refractivity contribution in [2.24, 2.45) is 0 Å². The van der Waals surface area contributed by atoms with Gasteiger partial charge < -0.3 is 0 Å². The van der Waals surface area contributed by atoms with Crippen molar-refractivity contribution in [2.45, 2.75) is 39.4 Å². The van der Waals surface area contributed by atoms with E-state index in [1.54, 1.807) is 12.1 Å². The first-order chi connectivity index (χ1) is 9.31. The molecule has 2 heteroatoms. The zero-order valence-corrected chi connectivity index (χ0v) is 14.2. The van der Waals surface area contributed by atoms with Crippen LogP contribution in [0, 0.1) is 40.4 Å². The van der Waals surface area contributed by atoms with Gasteiger partial charge in [-0.15, -0.1) is 0 Å². The Morgan fingerprint density at radius 1 is 0.750 bits per heavy atom. The lowest BCUT2D eigenvalue weighted by Gasteiger charge is -2.21. The Balaban J connectivity index is 2.61. The van der Waals surface area contributed by atoms with Gasteiger partial charge in [-0.3, -0.25) is 0 Å². The number of alkyl halides is 1. The lowest BCUT2D eigenvalue weighted by Crippen LogP contribution is -2.04. The lowest BCUT2D eigenvalue weighted by atomic mass is 9.90. The van der Waals surface area contributed by atoms with Gasteiger partial charge in [0.05, 0.1) is 4.83 Å². The molecule has 0 aliphatic heterocycles. The van der Waals surface area contributed by atoms with E-state index in [1.165, 1.54) is 27.8 Å². The minimum atomic E-state index is -0.166. The fourth-order valence-electron chi connectivity index (χ4n) is 3.06. The molecule has 0 N–H and O–H groups in total. The number of rotatable bonds is 2. The Bertz CT molecular complexity index is 555. The van der Waals surface area contributed by atoms with Gasteiger partial charge in [0.25, 0.3) is 0 Å². The summed E-state index contributed by atoms with van der Waals surface area (Å²) in [4.78, 5) is 0.101. The van der Waals surface area contributed by atoms with Gasteiger partial charge in [0.15, 0.2) is 0 Å². The Kier molecular flexibility index (Phi) is 4.33. The highest BCUT2D eigenvalue weighted by Crippen LogP contribution is 2.38. The summed E-state index contributed by atoms with van der Waals surface area (Å²) < 4.78 is 13.5. The Hall–Kier alpha value is -1.15. The number of benzene rings is 2. The van der Waals surface area contributed by atoms with Gasteiger partial charge in [0, 0.05) is 0 Å². The van der Waals surface area contributed by atoms with Gasteiger partial charge in [-0.25, -0.2) is 4.39 Å². The van der Waals surface area contributed by atoms with Crippen LogP contribution in [0.1, 0.15) is 43.8 Å². The summed E-state index contributed by atoms with van der Waals surface area (Å²) in [6.45, 7) is 10.3. The standard InChI is InChI=1S/C18H20BrF/c1-10-6-11(2)16(12(3)7-10)18(19)17-13(4)8-15(20)9-14(17)5/h6-9,18H,1-5H3. The van der Waals surface area contributed by atoms with E-state index in [1.807, 2.05) is 13.8 Å². The van der Waals surface area contributed by atoms with Gasteiger partial charge in [0.1, 0.15) is 5.82 Å². The lowest BCUT2D eigenvalue weighted by molar-refractivity contribution is 0.624. The molecule has 0 saturated carbocycles. The van der Waals surface area contributed by atoms with Crippen LogP contribution >= 0.6 is 15.9 Å². The quantitative estimate of drug-likeness (QED) is 0.604. The molecule has 1 atom stereocenters. The molecule has 0 bridgehead atoms. The van der Waals surface area contributed by atoms with Crippen LogP contribution in [0.4, 0.5) is 4.39 Å². The third kappa shape index (κ3) is 2.80. The highest BCUT2D eigenvalue weighted by molar-refractivity contribution is 9.09. The third-order valence-electron chi connectivity index (χ3n) is 3.80. The second kappa shape index (κ2) is 5.69. The summed E-state index contributed by atoms with van der Waals surface area (Å²) in [5.41, 5.74) is 8.25. The molecular weight excluding hydrogens is 315 g/mol. The van der Waals surface area contributed by atoms with E-state index in [2.05, 4.69) is 48.8 Å². The van der Waals surface area contributed by atoms with Crippen LogP contribution in [0.2, 0.25) is 0 Å². The molecule has 0 radical (unpaired) electrons. The maximum atomic E-state index is 13.5. The monoisotopic (exact) mass is 334 g/mol. The Morgan fingerprint density at radius 3 is 1.50 bits per heavy atom. The molecule has 0 nitrogen and oxygen atoms in total. The van der Waals surface area contributed by atoms with Gasteiger partial charge in [-0.1, -0.05) is 33.6 Å². The molecule has 0 saturated heterocycles. The molecule has 1 unspecified atom stereocenters. The zero-order valence-electron chi connectivity index (χ0n) is 12.6. The molecule has 0 spiro atoms. The second-order valence-corrected chi connectivity index (χ2v) is 6.54. The molecule has 0 fully saturated rings. The SMILES string of the molecule is Cc1cc(C)c(C(Br)c2c(C)cc(F)cc2C)c(C)c1. The molecular formula is C18H20BrF. The van der Waals surface area contributed by atoms with Crippen LogP contribution in [-0.4, -0.2) is 0 Å². The van der Waals surface area contributed by atoms with Crippen molar-refractivity contribution in [1.29, 1.82) is 0 Å². The first-order valence-electron chi connectivity index (χ1n) is 6.79. The van der Waals surface area contributed by atoms with Crippen molar-refractivity contribution in [2.75, 3.05) is 0 Å². The fraction of sp³-hybridized carbons (Fsp3) is 0.333. The van der Waals surface area contributed by atoms with Crippen LogP contribution in [-0.2, 0) is 0 Å². The molecule has 0 aliphatic rings. The molecule has 20 heavy (non-hydrogen) atoms. The van der Waals surface area contributed by atoms with Crippen LogP contribution < -0.4 is 0 Å². The van der Waals surface area contributed by atoms with E-state index >= 15 is 0 Å². The van der Waals surface area contributed by atoms with Gasteiger partial charge in [-0.2, -0.15) is 0 Å². The summed E-state index contributed by atoms with van der Waals surface area (Å²) in [6.07, 6.45) is 0. The molecule has 0 amide bonds. The van der Waals surface area contributed by atoms with E-state index in [4.69, 9.17) is 0 Å². The highest BCUT2D eigenvalue weighted by Gasteiger charge is 2.19. The molecule has 2 aromatic rings. The van der Waals surface area contributed by atoms with Crippen molar-refractivity contribution >= 4 is 15.9 Å². The van der Waals surface area contributed by atoms with Gasteiger partial charge in [0.2, 0.25) is 0 Å². The first-order valence-corrected chi connectivity index (χ1v) is 7.71. The molecule has 0 aliphatic carbocycles. The molecule has 0 aromatic heterocycles. The van der Waals surface area contributed by atoms with Crippen molar-refractivity contribution in [3.8, 4) is 0 Å². The van der Waals surface area contributed by atoms with E-state index in [0.29, 0.717) is 0 Å².